The van der Waals surface area contributed by atoms with Crippen LogP contribution in [0.2, 0.25) is 0 Å². The first-order valence-corrected chi connectivity index (χ1v) is 38.8. The van der Waals surface area contributed by atoms with Crippen LogP contribution in [-0.2, 0) is 47.0 Å². The summed E-state index contributed by atoms with van der Waals surface area (Å²) in [7, 11) is 11.7. The van der Waals surface area contributed by atoms with Crippen LogP contribution in [0.4, 0.5) is 23.3 Å². The SMILES string of the molecule is CC(C)Nc1nccc2c1C(c1cc(C(=O)N(C)C)ncn1)=NC2.CCc1cc(-c2nn(Cc3ccc(OC)cc3)c3ccnc(NC(C)C)c23)ncn1.COc1ccc(Cn2nc(-c3cc(C(=O)N(C)C)ncn3)c3c(NC(C)C)nccc32)cc1.COc1ccc(Cn2nc(-c3cc(OC=O)ncn3)c3c(NC(C)C)nccc32)cc1.O=C=O. The second kappa shape index (κ2) is 40.8. The largest absolute Gasteiger partial charge is 0.497 e. The Morgan fingerprint density at radius 1 is 0.446 bits per heavy atom. The Morgan fingerprint density at radius 2 is 0.793 bits per heavy atom. The van der Waals surface area contributed by atoms with E-state index in [2.05, 4.69) is 147 Å². The Labute approximate surface area is 698 Å². The maximum absolute atomic E-state index is 12.5. The molecule has 0 saturated heterocycles. The molecule has 11 aromatic heterocycles. The zero-order chi connectivity index (χ0) is 86.4. The van der Waals surface area contributed by atoms with Gasteiger partial charge < -0.3 is 50.0 Å². The second-order valence-corrected chi connectivity index (χ2v) is 29.0. The number of hydrogen-bond donors (Lipinski definition) is 4. The summed E-state index contributed by atoms with van der Waals surface area (Å²) in [4.78, 5) is 111. The molecule has 0 saturated carbocycles. The molecule has 15 rings (SSSR count). The first-order chi connectivity index (χ1) is 58.4. The minimum atomic E-state index is -0.195. The van der Waals surface area contributed by atoms with E-state index in [4.69, 9.17) is 43.8 Å². The molecule has 0 fully saturated rings. The molecule has 622 valence electrons. The van der Waals surface area contributed by atoms with Gasteiger partial charge >= 0.3 is 6.15 Å². The lowest BCUT2D eigenvalue weighted by Crippen LogP contribution is -2.23. The minimum absolute atomic E-state index is 0.153. The Kier molecular flexibility index (Phi) is 29.3. The van der Waals surface area contributed by atoms with E-state index in [0.29, 0.717) is 78.3 Å². The molecule has 2 amide bonds. The smallest absolute Gasteiger partial charge is 0.373 e. The third-order valence-electron chi connectivity index (χ3n) is 18.3. The fraction of sp³-hybridized carbons (Fsp3) is 0.287. The molecule has 12 heterocycles. The van der Waals surface area contributed by atoms with Crippen LogP contribution in [0.15, 0.2) is 176 Å². The van der Waals surface area contributed by atoms with Crippen molar-refractivity contribution in [3.8, 4) is 57.3 Å². The summed E-state index contributed by atoms with van der Waals surface area (Å²) < 4.78 is 26.5. The van der Waals surface area contributed by atoms with Crippen LogP contribution in [0.5, 0.6) is 23.1 Å². The van der Waals surface area contributed by atoms with Crippen LogP contribution in [-0.4, -0.2) is 203 Å². The number of pyridine rings is 4. The molecule has 0 spiro atoms. The fourth-order valence-electron chi connectivity index (χ4n) is 12.8. The molecule has 34 nitrogen and oxygen atoms in total. The third kappa shape index (κ3) is 21.6. The first kappa shape index (κ1) is 86.9. The molecule has 1 aliphatic heterocycles. The average Bonchev–Trinajstić information content (AvgIpc) is 1.63. The van der Waals surface area contributed by atoms with E-state index in [1.165, 1.54) is 28.8 Å². The molecule has 121 heavy (non-hydrogen) atoms. The predicted octanol–water partition coefficient (Wildman–Crippen LogP) is 12.3. The maximum Gasteiger partial charge on any atom is 0.373 e. The van der Waals surface area contributed by atoms with Gasteiger partial charge in [0.25, 0.3) is 18.3 Å². The highest BCUT2D eigenvalue weighted by Crippen LogP contribution is 2.37. The quantitative estimate of drug-likeness (QED) is 0.0366. The van der Waals surface area contributed by atoms with E-state index in [1.807, 2.05) is 125 Å². The number of fused-ring (bicyclic) bond motifs is 4. The van der Waals surface area contributed by atoms with Crippen molar-refractivity contribution in [2.45, 2.75) is 119 Å². The number of hydrogen-bond acceptors (Lipinski definition) is 29. The molecule has 14 aromatic rings. The van der Waals surface area contributed by atoms with E-state index in [-0.39, 0.29) is 48.0 Å². The van der Waals surface area contributed by atoms with Gasteiger partial charge in [-0.05, 0) is 163 Å². The second-order valence-electron chi connectivity index (χ2n) is 29.0. The zero-order valence-corrected chi connectivity index (χ0v) is 70.2. The summed E-state index contributed by atoms with van der Waals surface area (Å²) in [6.07, 6.45) is 14.0. The van der Waals surface area contributed by atoms with Gasteiger partial charge in [0, 0.05) is 94.5 Å². The van der Waals surface area contributed by atoms with Gasteiger partial charge in [0.2, 0.25) is 5.88 Å². The molecule has 0 unspecified atom stereocenters. The van der Waals surface area contributed by atoms with Gasteiger partial charge in [-0.2, -0.15) is 24.9 Å². The maximum atomic E-state index is 12.5. The van der Waals surface area contributed by atoms with Gasteiger partial charge in [0.1, 0.15) is 94.3 Å². The fourth-order valence-corrected chi connectivity index (χ4v) is 12.8. The molecule has 4 N–H and O–H groups in total. The number of carbonyl (C=O) groups excluding carboxylic acids is 5. The van der Waals surface area contributed by atoms with E-state index in [1.54, 1.807) is 92.6 Å². The predicted molar refractivity (Wildman–Crippen MR) is 460 cm³/mol. The number of nitrogens with one attached hydrogen (secondary N) is 4. The number of ether oxygens (including phenoxy) is 4. The standard InChI is InChI=1S/C24H27N7O2.C23H26N6O.C22H22N6O3.C17H20N6O.CO2/c1-15(2)28-23-21-20(10-11-25-23)31(13-16-6-8-17(33-5)9-7-16)29-22(21)18-12-19(27-14-26-18)24(32)30(3)4;1-5-17-12-19(26-14-25-17)22-21-20(10-11-24-23(21)27-15(2)3)29(28-22)13-16-6-8-18(30-4)9-7-16;1-14(2)26-22-20-18(8-9-23-22)28(11-15-4-6-16(30-3)7-5-15)27-21(20)17-10-19(31-13-29)25-12-24-17;1-10(2)22-16-14-11(5-6-18-16)8-19-15(14)12-7-13(21-9-20-12)17(24)23(3)4;2-1-3/h6-12,14-15H,13H2,1-5H3,(H,25,28);6-12,14-15H,5,13H2,1-4H3,(H,24,27);4-10,12-14H,11H2,1-3H3,(H,23,26);5-7,9-10H,8H2,1-4H3,(H,18,22);. The molecule has 1 aliphatic rings. The normalized spacial score (nSPS) is 11.2. The van der Waals surface area contributed by atoms with Gasteiger partial charge in [0.15, 0.2) is 0 Å². The van der Waals surface area contributed by atoms with Crippen molar-refractivity contribution in [3.63, 3.8) is 0 Å². The number of rotatable bonds is 26. The number of amides is 2. The Morgan fingerprint density at radius 3 is 1.17 bits per heavy atom. The van der Waals surface area contributed by atoms with E-state index in [0.717, 1.165) is 124 Å². The summed E-state index contributed by atoms with van der Waals surface area (Å²) in [5.41, 5.74) is 15.2. The molecule has 34 heteroatoms. The highest BCUT2D eigenvalue weighted by atomic mass is 16.5. The Bertz CT molecular complexity index is 5980. The molecular weight excluding hydrogens is 1540 g/mol. The number of aryl methyl sites for hydroxylation is 1. The number of carbonyl (C=O) groups is 3. The van der Waals surface area contributed by atoms with Gasteiger partial charge in [-0.3, -0.25) is 33.4 Å². The van der Waals surface area contributed by atoms with Gasteiger partial charge in [-0.25, -0.2) is 59.8 Å². The summed E-state index contributed by atoms with van der Waals surface area (Å²) in [5.74, 6) is 5.27. The lowest BCUT2D eigenvalue weighted by atomic mass is 10.0. The van der Waals surface area contributed by atoms with Crippen molar-refractivity contribution in [1.29, 1.82) is 0 Å². The number of methoxy groups -OCH3 is 3. The summed E-state index contributed by atoms with van der Waals surface area (Å²) in [6.45, 7) is 21.3. The number of benzene rings is 3. The van der Waals surface area contributed by atoms with Crippen LogP contribution >= 0.6 is 0 Å². The molecule has 0 bridgehead atoms. The van der Waals surface area contributed by atoms with Crippen LogP contribution in [0, 0.1) is 0 Å². The lowest BCUT2D eigenvalue weighted by Gasteiger charge is -2.14. The monoisotopic (exact) mass is 1630 g/mol. The van der Waals surface area contributed by atoms with Crippen LogP contribution in [0.25, 0.3) is 66.9 Å². The third-order valence-corrected chi connectivity index (χ3v) is 18.3. The van der Waals surface area contributed by atoms with E-state index < -0.39 is 0 Å². The van der Waals surface area contributed by atoms with E-state index in [9.17, 15) is 14.4 Å². The van der Waals surface area contributed by atoms with Crippen molar-refractivity contribution in [2.75, 3.05) is 70.8 Å². The van der Waals surface area contributed by atoms with Gasteiger partial charge in [-0.1, -0.05) is 43.3 Å². The minimum Gasteiger partial charge on any atom is -0.497 e. The van der Waals surface area contributed by atoms with Crippen molar-refractivity contribution >= 4 is 86.1 Å². The van der Waals surface area contributed by atoms with Crippen LogP contribution in [0.1, 0.15) is 122 Å². The molecule has 3 aromatic carbocycles. The molecule has 0 aliphatic carbocycles. The number of aromatic nitrogens is 18. The van der Waals surface area contributed by atoms with Crippen LogP contribution < -0.4 is 40.2 Å². The summed E-state index contributed by atoms with van der Waals surface area (Å²) in [6, 6.07) is 39.4. The van der Waals surface area contributed by atoms with E-state index >= 15 is 0 Å². The highest BCUT2D eigenvalue weighted by Gasteiger charge is 2.27. The molecular formula is C87H95N25O9. The number of nitrogens with zero attached hydrogens (tertiary/aromatic N) is 21. The zero-order valence-electron chi connectivity index (χ0n) is 70.2. The van der Waals surface area contributed by atoms with Crippen molar-refractivity contribution in [2.24, 2.45) is 4.99 Å². The van der Waals surface area contributed by atoms with Crippen molar-refractivity contribution < 1.29 is 42.9 Å². The summed E-state index contributed by atoms with van der Waals surface area (Å²) >= 11 is 0. The Hall–Kier alpha value is -15.0. The number of aliphatic imine (C=N–C) groups is 1. The average molecular weight is 1630 g/mol. The van der Waals surface area contributed by atoms with Gasteiger partial charge in [-0.15, -0.1) is 0 Å². The molecule has 0 atom stereocenters. The Balaban J connectivity index is 0.000000157. The summed E-state index contributed by atoms with van der Waals surface area (Å²) in [5, 5.41) is 30.9. The van der Waals surface area contributed by atoms with Gasteiger partial charge in [0.05, 0.1) is 109 Å². The first-order valence-electron chi connectivity index (χ1n) is 38.8. The molecule has 0 radical (unpaired) electrons. The number of anilines is 4. The van der Waals surface area contributed by atoms with Crippen molar-refractivity contribution in [1.82, 2.24) is 98.9 Å². The lowest BCUT2D eigenvalue weighted by molar-refractivity contribution is -0.191. The van der Waals surface area contributed by atoms with Crippen LogP contribution in [0.3, 0.4) is 0 Å². The van der Waals surface area contributed by atoms with Crippen molar-refractivity contribution in [3.05, 3.63) is 222 Å². The topological polar surface area (TPSA) is 397 Å². The highest BCUT2D eigenvalue weighted by molar-refractivity contribution is 6.17.